The second kappa shape index (κ2) is 5.81. The fourth-order valence-corrected chi connectivity index (χ4v) is 3.14. The summed E-state index contributed by atoms with van der Waals surface area (Å²) < 4.78 is 34.5. The van der Waals surface area contributed by atoms with Crippen LogP contribution in [0.25, 0.3) is 23.0 Å². The molecule has 124 valence electrons. The highest BCUT2D eigenvalue weighted by atomic mass is 19.2. The number of hydrogen-bond acceptors (Lipinski definition) is 4. The molecule has 0 radical (unpaired) electrons. The number of aromatic nitrogens is 4. The number of benzene rings is 1. The van der Waals surface area contributed by atoms with Crippen LogP contribution in [0.1, 0.15) is 30.8 Å². The molecule has 7 heteroatoms. The molecule has 4 rings (SSSR count). The second-order valence-corrected chi connectivity index (χ2v) is 5.95. The molecule has 24 heavy (non-hydrogen) atoms. The van der Waals surface area contributed by atoms with E-state index in [-0.39, 0.29) is 0 Å². The zero-order valence-electron chi connectivity index (χ0n) is 13.2. The van der Waals surface area contributed by atoms with Crippen LogP contribution in [0, 0.1) is 18.6 Å². The van der Waals surface area contributed by atoms with Gasteiger partial charge in [-0.1, -0.05) is 6.42 Å². The number of aryl methyl sites for hydroxylation is 1. The van der Waals surface area contributed by atoms with E-state index in [1.54, 1.807) is 13.0 Å². The van der Waals surface area contributed by atoms with Crippen molar-refractivity contribution in [3.8, 4) is 23.0 Å². The smallest absolute Gasteiger partial charge is 0.268 e. The Balaban J connectivity index is 1.90. The zero-order valence-corrected chi connectivity index (χ0v) is 13.2. The van der Waals surface area contributed by atoms with Crippen LogP contribution in [-0.2, 0) is 13.0 Å². The summed E-state index contributed by atoms with van der Waals surface area (Å²) in [5.74, 6) is -0.304. The van der Waals surface area contributed by atoms with Gasteiger partial charge in [-0.2, -0.15) is 0 Å². The van der Waals surface area contributed by atoms with Crippen molar-refractivity contribution in [1.29, 1.82) is 0 Å². The first-order valence-electron chi connectivity index (χ1n) is 7.99. The Morgan fingerprint density at radius 2 is 1.96 bits per heavy atom. The lowest BCUT2D eigenvalue weighted by Gasteiger charge is -2.09. The van der Waals surface area contributed by atoms with E-state index in [4.69, 9.17) is 4.42 Å². The first-order valence-corrected chi connectivity index (χ1v) is 7.99. The van der Waals surface area contributed by atoms with Crippen molar-refractivity contribution in [3.05, 3.63) is 41.4 Å². The average Bonchev–Trinajstić information content (AvgIpc) is 3.06. The number of rotatable bonds is 2. The summed E-state index contributed by atoms with van der Waals surface area (Å²) in [7, 11) is 0. The van der Waals surface area contributed by atoms with E-state index in [1.165, 1.54) is 6.07 Å². The molecule has 5 nitrogen and oxygen atoms in total. The molecule has 0 spiro atoms. The fraction of sp³-hybridized carbons (Fsp3) is 0.353. The molecule has 0 aliphatic carbocycles. The van der Waals surface area contributed by atoms with Gasteiger partial charge >= 0.3 is 0 Å². The second-order valence-electron chi connectivity index (χ2n) is 5.95. The molecule has 1 aromatic carbocycles. The number of nitrogens with zero attached hydrogens (tertiary/aromatic N) is 4. The van der Waals surface area contributed by atoms with Gasteiger partial charge in [0.25, 0.3) is 5.89 Å². The van der Waals surface area contributed by atoms with E-state index in [0.717, 1.165) is 44.0 Å². The summed E-state index contributed by atoms with van der Waals surface area (Å²) in [6.07, 6.45) is 4.01. The van der Waals surface area contributed by atoms with Crippen LogP contribution in [0.3, 0.4) is 0 Å². The summed E-state index contributed by atoms with van der Waals surface area (Å²) >= 11 is 0. The highest BCUT2D eigenvalue weighted by Gasteiger charge is 2.24. The van der Waals surface area contributed by atoms with E-state index < -0.39 is 11.6 Å². The van der Waals surface area contributed by atoms with E-state index in [9.17, 15) is 8.78 Å². The number of imidazole rings is 1. The normalized spacial score (nSPS) is 14.5. The molecular formula is C17H16F2N4O. The molecule has 1 aliphatic heterocycles. The molecule has 3 heterocycles. The van der Waals surface area contributed by atoms with Gasteiger partial charge in [0.2, 0.25) is 5.89 Å². The van der Waals surface area contributed by atoms with Crippen molar-refractivity contribution >= 4 is 0 Å². The summed E-state index contributed by atoms with van der Waals surface area (Å²) in [4.78, 5) is 4.64. The van der Waals surface area contributed by atoms with Gasteiger partial charge in [0.15, 0.2) is 11.6 Å². The molecule has 0 saturated heterocycles. The summed E-state index contributed by atoms with van der Waals surface area (Å²) in [6.45, 7) is 2.51. The lowest BCUT2D eigenvalue weighted by atomic mass is 10.1. The summed E-state index contributed by atoms with van der Waals surface area (Å²) in [5.41, 5.74) is 2.19. The molecular weight excluding hydrogens is 314 g/mol. The van der Waals surface area contributed by atoms with Crippen LogP contribution in [0.5, 0.6) is 0 Å². The van der Waals surface area contributed by atoms with E-state index in [0.29, 0.717) is 28.9 Å². The van der Waals surface area contributed by atoms with Crippen molar-refractivity contribution < 1.29 is 13.2 Å². The maximum Gasteiger partial charge on any atom is 0.268 e. The minimum Gasteiger partial charge on any atom is -0.420 e. The van der Waals surface area contributed by atoms with Crippen molar-refractivity contribution in [1.82, 2.24) is 19.7 Å². The summed E-state index contributed by atoms with van der Waals surface area (Å²) in [5, 5.41) is 7.93. The van der Waals surface area contributed by atoms with Crippen LogP contribution >= 0.6 is 0 Å². The van der Waals surface area contributed by atoms with Gasteiger partial charge < -0.3 is 8.98 Å². The van der Waals surface area contributed by atoms with Crippen LogP contribution in [0.15, 0.2) is 22.6 Å². The quantitative estimate of drug-likeness (QED) is 0.715. The Labute approximate surface area is 137 Å². The lowest BCUT2D eigenvalue weighted by Crippen LogP contribution is -2.03. The van der Waals surface area contributed by atoms with Crippen LogP contribution in [-0.4, -0.2) is 19.7 Å². The standard InChI is InChI=1S/C17H16F2N4O/c1-10-21-22-17(24-10)15-14-5-3-2-4-8-23(14)16(20-15)11-6-7-12(18)13(19)9-11/h6-7,9H,2-5,8H2,1H3. The Morgan fingerprint density at radius 1 is 1.08 bits per heavy atom. The van der Waals surface area contributed by atoms with Crippen molar-refractivity contribution in [2.45, 2.75) is 39.2 Å². The average molecular weight is 330 g/mol. The Morgan fingerprint density at radius 3 is 2.71 bits per heavy atom. The first-order chi connectivity index (χ1) is 11.6. The molecule has 0 atom stereocenters. The predicted octanol–water partition coefficient (Wildman–Crippen LogP) is 3.91. The molecule has 2 aromatic heterocycles. The maximum atomic E-state index is 13.7. The van der Waals surface area contributed by atoms with E-state index >= 15 is 0 Å². The third kappa shape index (κ3) is 2.50. The van der Waals surface area contributed by atoms with Gasteiger partial charge in [-0.05, 0) is 37.5 Å². The van der Waals surface area contributed by atoms with Gasteiger partial charge in [0.05, 0.1) is 5.69 Å². The molecule has 0 unspecified atom stereocenters. The van der Waals surface area contributed by atoms with Gasteiger partial charge in [0, 0.05) is 19.0 Å². The van der Waals surface area contributed by atoms with Gasteiger partial charge in [-0.15, -0.1) is 10.2 Å². The molecule has 3 aromatic rings. The third-order valence-corrected chi connectivity index (χ3v) is 4.27. The van der Waals surface area contributed by atoms with Crippen LogP contribution in [0.4, 0.5) is 8.78 Å². The Hall–Kier alpha value is -2.57. The molecule has 0 fully saturated rings. The van der Waals surface area contributed by atoms with Gasteiger partial charge in [-0.25, -0.2) is 13.8 Å². The Kier molecular flexibility index (Phi) is 3.63. The van der Waals surface area contributed by atoms with Crippen molar-refractivity contribution in [3.63, 3.8) is 0 Å². The van der Waals surface area contributed by atoms with Crippen LogP contribution in [0.2, 0.25) is 0 Å². The lowest BCUT2D eigenvalue weighted by molar-refractivity contribution is 0.509. The minimum atomic E-state index is -0.881. The number of halogens is 2. The molecule has 0 saturated carbocycles. The van der Waals surface area contributed by atoms with Crippen LogP contribution < -0.4 is 0 Å². The fourth-order valence-electron chi connectivity index (χ4n) is 3.14. The number of hydrogen-bond donors (Lipinski definition) is 0. The van der Waals surface area contributed by atoms with Crippen molar-refractivity contribution in [2.24, 2.45) is 0 Å². The summed E-state index contributed by atoms with van der Waals surface area (Å²) in [6, 6.07) is 3.85. The van der Waals surface area contributed by atoms with Gasteiger partial charge in [-0.3, -0.25) is 0 Å². The largest absolute Gasteiger partial charge is 0.420 e. The zero-order chi connectivity index (χ0) is 16.7. The Bertz CT molecular complexity index is 900. The highest BCUT2D eigenvalue weighted by Crippen LogP contribution is 2.32. The van der Waals surface area contributed by atoms with Crippen molar-refractivity contribution in [2.75, 3.05) is 0 Å². The topological polar surface area (TPSA) is 56.7 Å². The van der Waals surface area contributed by atoms with E-state index in [2.05, 4.69) is 19.7 Å². The monoisotopic (exact) mass is 330 g/mol. The van der Waals surface area contributed by atoms with Gasteiger partial charge in [0.1, 0.15) is 11.5 Å². The minimum absolute atomic E-state index is 0.368. The molecule has 1 aliphatic rings. The SMILES string of the molecule is Cc1nnc(-c2nc(-c3ccc(F)c(F)c3)n3c2CCCCC3)o1. The number of fused-ring (bicyclic) bond motifs is 1. The molecule has 0 N–H and O–H groups in total. The third-order valence-electron chi connectivity index (χ3n) is 4.27. The van der Waals surface area contributed by atoms with E-state index in [1.807, 2.05) is 0 Å². The molecule has 0 bridgehead atoms. The first kappa shape index (κ1) is 15.0. The maximum absolute atomic E-state index is 13.7. The highest BCUT2D eigenvalue weighted by molar-refractivity contribution is 5.63. The predicted molar refractivity (Wildman–Crippen MR) is 83.2 cm³/mol. The molecule has 0 amide bonds.